The Morgan fingerprint density at radius 2 is 1.65 bits per heavy atom. The summed E-state index contributed by atoms with van der Waals surface area (Å²) >= 11 is 0. The van der Waals surface area contributed by atoms with Crippen molar-refractivity contribution in [1.82, 2.24) is 0 Å². The fraction of sp³-hybridized carbons (Fsp3) is 0.368. The Morgan fingerprint density at radius 3 is 2.25 bits per heavy atom. The topological polar surface area (TPSA) is 20.2 Å². The Labute approximate surface area is 122 Å². The van der Waals surface area contributed by atoms with Crippen molar-refractivity contribution in [3.63, 3.8) is 0 Å². The van der Waals surface area contributed by atoms with Gasteiger partial charge in [-0.05, 0) is 49.4 Å². The average molecular weight is 268 g/mol. The largest absolute Gasteiger partial charge is 0.381 e. The van der Waals surface area contributed by atoms with Crippen LogP contribution in [0.4, 0.5) is 0 Å². The number of benzene rings is 2. The summed E-state index contributed by atoms with van der Waals surface area (Å²) in [6.45, 7) is 8.17. The Morgan fingerprint density at radius 1 is 1.00 bits per heavy atom. The van der Waals surface area contributed by atoms with Crippen LogP contribution in [0.2, 0.25) is 0 Å². The number of aliphatic hydroxyl groups is 1. The monoisotopic (exact) mass is 268 g/mol. The van der Waals surface area contributed by atoms with Crippen molar-refractivity contribution in [3.05, 3.63) is 70.3 Å². The highest BCUT2D eigenvalue weighted by Gasteiger charge is 2.27. The second kappa shape index (κ2) is 5.80. The molecule has 0 aromatic heterocycles. The number of aryl methyl sites for hydroxylation is 3. The summed E-state index contributed by atoms with van der Waals surface area (Å²) in [5.41, 5.74) is 4.62. The van der Waals surface area contributed by atoms with Crippen molar-refractivity contribution in [2.24, 2.45) is 0 Å². The molecule has 0 aliphatic carbocycles. The first-order chi connectivity index (χ1) is 9.45. The van der Waals surface area contributed by atoms with Crippen LogP contribution in [0.3, 0.4) is 0 Å². The lowest BCUT2D eigenvalue weighted by Gasteiger charge is -2.27. The molecule has 0 fully saturated rings. The molecule has 0 amide bonds. The van der Waals surface area contributed by atoms with Gasteiger partial charge in [-0.1, -0.05) is 61.4 Å². The molecule has 2 aromatic carbocycles. The predicted octanol–water partition coefficient (Wildman–Crippen LogP) is 4.51. The van der Waals surface area contributed by atoms with E-state index in [0.717, 1.165) is 29.5 Å². The van der Waals surface area contributed by atoms with Gasteiger partial charge in [0.15, 0.2) is 0 Å². The third-order valence-electron chi connectivity index (χ3n) is 3.97. The molecule has 1 atom stereocenters. The van der Waals surface area contributed by atoms with Crippen LogP contribution in [0.1, 0.15) is 48.1 Å². The zero-order valence-electron chi connectivity index (χ0n) is 12.9. The summed E-state index contributed by atoms with van der Waals surface area (Å²) < 4.78 is 0. The Hall–Kier alpha value is -1.60. The molecule has 0 spiro atoms. The van der Waals surface area contributed by atoms with E-state index in [4.69, 9.17) is 0 Å². The number of rotatable bonds is 4. The molecule has 1 unspecified atom stereocenters. The zero-order chi connectivity index (χ0) is 14.8. The summed E-state index contributed by atoms with van der Waals surface area (Å²) in [5, 5.41) is 11.0. The van der Waals surface area contributed by atoms with Crippen LogP contribution in [-0.2, 0) is 12.0 Å². The molecule has 2 aromatic rings. The molecule has 0 saturated carbocycles. The Bertz CT molecular complexity index is 579. The first-order valence-corrected chi connectivity index (χ1v) is 7.34. The molecular formula is C19H24O. The van der Waals surface area contributed by atoms with Crippen LogP contribution in [-0.4, -0.2) is 5.11 Å². The minimum absolute atomic E-state index is 0.944. The van der Waals surface area contributed by atoms with E-state index >= 15 is 0 Å². The van der Waals surface area contributed by atoms with E-state index in [1.165, 1.54) is 11.1 Å². The quantitative estimate of drug-likeness (QED) is 0.865. The number of hydrogen-bond acceptors (Lipinski definition) is 1. The van der Waals surface area contributed by atoms with Gasteiger partial charge in [-0.15, -0.1) is 0 Å². The van der Waals surface area contributed by atoms with E-state index in [9.17, 15) is 5.11 Å². The Balaban J connectivity index is 2.40. The molecule has 0 aliphatic heterocycles. The lowest BCUT2D eigenvalue weighted by Crippen LogP contribution is -2.24. The van der Waals surface area contributed by atoms with Gasteiger partial charge in [0.05, 0.1) is 0 Å². The van der Waals surface area contributed by atoms with E-state index < -0.39 is 5.60 Å². The van der Waals surface area contributed by atoms with Gasteiger partial charge >= 0.3 is 0 Å². The summed E-state index contributed by atoms with van der Waals surface area (Å²) in [7, 11) is 0. The summed E-state index contributed by atoms with van der Waals surface area (Å²) in [5.74, 6) is 0. The van der Waals surface area contributed by atoms with E-state index in [2.05, 4.69) is 51.1 Å². The molecule has 0 bridgehead atoms. The lowest BCUT2D eigenvalue weighted by molar-refractivity contribution is 0.101. The SMILES string of the molecule is CCCc1ccc(C(C)(O)c2cc(C)ccc2C)cc1. The highest BCUT2D eigenvalue weighted by Crippen LogP contribution is 2.32. The van der Waals surface area contributed by atoms with Gasteiger partial charge < -0.3 is 5.11 Å². The summed E-state index contributed by atoms with van der Waals surface area (Å²) in [4.78, 5) is 0. The summed E-state index contributed by atoms with van der Waals surface area (Å²) in [6.07, 6.45) is 2.23. The smallest absolute Gasteiger partial charge is 0.112 e. The minimum atomic E-state index is -0.944. The minimum Gasteiger partial charge on any atom is -0.381 e. The van der Waals surface area contributed by atoms with Crippen molar-refractivity contribution in [2.45, 2.75) is 46.1 Å². The van der Waals surface area contributed by atoms with Gasteiger partial charge in [0.1, 0.15) is 5.60 Å². The van der Waals surface area contributed by atoms with E-state index in [0.29, 0.717) is 0 Å². The second-order valence-corrected chi connectivity index (χ2v) is 5.84. The van der Waals surface area contributed by atoms with Crippen LogP contribution >= 0.6 is 0 Å². The zero-order valence-corrected chi connectivity index (χ0v) is 12.9. The maximum absolute atomic E-state index is 11.0. The maximum atomic E-state index is 11.0. The second-order valence-electron chi connectivity index (χ2n) is 5.84. The standard InChI is InChI=1S/C19H24O/c1-5-6-16-9-11-17(12-10-16)19(4,20)18-13-14(2)7-8-15(18)3/h7-13,20H,5-6H2,1-4H3. The van der Waals surface area contributed by atoms with Gasteiger partial charge in [-0.2, -0.15) is 0 Å². The molecule has 1 nitrogen and oxygen atoms in total. The number of hydrogen-bond donors (Lipinski definition) is 1. The van der Waals surface area contributed by atoms with Gasteiger partial charge in [0.25, 0.3) is 0 Å². The normalized spacial score (nSPS) is 14.1. The average Bonchev–Trinajstić information content (AvgIpc) is 2.42. The fourth-order valence-electron chi connectivity index (χ4n) is 2.70. The van der Waals surface area contributed by atoms with Crippen molar-refractivity contribution < 1.29 is 5.11 Å². The molecule has 1 N–H and O–H groups in total. The van der Waals surface area contributed by atoms with E-state index in [1.54, 1.807) is 0 Å². The molecule has 2 rings (SSSR count). The molecule has 1 heteroatoms. The van der Waals surface area contributed by atoms with Gasteiger partial charge in [0.2, 0.25) is 0 Å². The molecular weight excluding hydrogens is 244 g/mol. The third-order valence-corrected chi connectivity index (χ3v) is 3.97. The van der Waals surface area contributed by atoms with Gasteiger partial charge in [0, 0.05) is 0 Å². The highest BCUT2D eigenvalue weighted by molar-refractivity contribution is 5.42. The van der Waals surface area contributed by atoms with E-state index in [-0.39, 0.29) is 0 Å². The van der Waals surface area contributed by atoms with Crippen molar-refractivity contribution >= 4 is 0 Å². The third kappa shape index (κ3) is 2.94. The molecule has 106 valence electrons. The van der Waals surface area contributed by atoms with Crippen LogP contribution in [0.15, 0.2) is 42.5 Å². The molecule has 0 radical (unpaired) electrons. The summed E-state index contributed by atoms with van der Waals surface area (Å²) in [6, 6.07) is 14.6. The lowest BCUT2D eigenvalue weighted by atomic mass is 9.84. The molecule has 0 heterocycles. The van der Waals surface area contributed by atoms with Gasteiger partial charge in [-0.25, -0.2) is 0 Å². The fourth-order valence-corrected chi connectivity index (χ4v) is 2.70. The maximum Gasteiger partial charge on any atom is 0.112 e. The van der Waals surface area contributed by atoms with Crippen LogP contribution in [0.25, 0.3) is 0 Å². The Kier molecular flexibility index (Phi) is 4.29. The molecule has 0 saturated heterocycles. The first-order valence-electron chi connectivity index (χ1n) is 7.34. The van der Waals surface area contributed by atoms with Crippen molar-refractivity contribution in [3.8, 4) is 0 Å². The predicted molar refractivity (Wildman–Crippen MR) is 85.0 cm³/mol. The van der Waals surface area contributed by atoms with Crippen LogP contribution in [0, 0.1) is 13.8 Å². The van der Waals surface area contributed by atoms with Crippen LogP contribution < -0.4 is 0 Å². The van der Waals surface area contributed by atoms with Crippen LogP contribution in [0.5, 0.6) is 0 Å². The highest BCUT2D eigenvalue weighted by atomic mass is 16.3. The first kappa shape index (κ1) is 14.8. The van der Waals surface area contributed by atoms with Gasteiger partial charge in [-0.3, -0.25) is 0 Å². The van der Waals surface area contributed by atoms with Crippen molar-refractivity contribution in [2.75, 3.05) is 0 Å². The molecule has 20 heavy (non-hydrogen) atoms. The van der Waals surface area contributed by atoms with E-state index in [1.807, 2.05) is 19.1 Å². The molecule has 0 aliphatic rings. The van der Waals surface area contributed by atoms with Crippen molar-refractivity contribution in [1.29, 1.82) is 0 Å².